The summed E-state index contributed by atoms with van der Waals surface area (Å²) in [5.41, 5.74) is 2.61. The zero-order valence-corrected chi connectivity index (χ0v) is 27.4. The Hall–Kier alpha value is -1.13. The quantitative estimate of drug-likeness (QED) is 0.285. The van der Waals surface area contributed by atoms with Crippen molar-refractivity contribution < 1.29 is 46.6 Å². The molecule has 3 aliphatic heterocycles. The Morgan fingerprint density at radius 1 is 0.892 bits per heavy atom. The zero-order chi connectivity index (χ0) is 24.2. The van der Waals surface area contributed by atoms with Crippen LogP contribution in [0, 0.1) is 21.8 Å². The molecule has 0 amide bonds. The molecule has 2 aromatic rings. The van der Waals surface area contributed by atoms with Gasteiger partial charge < -0.3 is 24.3 Å². The molecule has 4 nitrogen and oxygen atoms in total. The van der Waals surface area contributed by atoms with Crippen LogP contribution in [0.25, 0.3) is 0 Å². The SMILES string of the molecule is CC.CC.CN1CCC2c3ccccc3OCC21.Cc1ccccc1OCC1C=CCN1C.[CH3-].[CH3-].[V].[V]. The van der Waals surface area contributed by atoms with E-state index in [-0.39, 0.29) is 52.0 Å². The first kappa shape index (κ1) is 40.4. The normalized spacial score (nSPS) is 20.4. The maximum atomic E-state index is 5.80. The van der Waals surface area contributed by atoms with Crippen LogP contribution in [0.1, 0.15) is 51.2 Å². The number of aryl methyl sites for hydroxylation is 1. The molecule has 3 atom stereocenters. The van der Waals surface area contributed by atoms with Gasteiger partial charge in [-0.3, -0.25) is 9.80 Å². The summed E-state index contributed by atoms with van der Waals surface area (Å²) >= 11 is 0. The minimum Gasteiger partial charge on any atom is -0.492 e. The molecule has 1 saturated heterocycles. The molecule has 2 aromatic carbocycles. The minimum absolute atomic E-state index is 0. The molecule has 0 N–H and O–H groups in total. The number of nitrogens with zero attached hydrogens (tertiary/aromatic N) is 2. The maximum Gasteiger partial charge on any atom is 0.122 e. The van der Waals surface area contributed by atoms with Gasteiger partial charge in [-0.1, -0.05) is 76.2 Å². The first-order chi connectivity index (χ1) is 16.1. The molecule has 0 aliphatic carbocycles. The smallest absolute Gasteiger partial charge is 0.122 e. The van der Waals surface area contributed by atoms with Crippen LogP contribution in [0.2, 0.25) is 0 Å². The topological polar surface area (TPSA) is 24.9 Å². The van der Waals surface area contributed by atoms with Crippen LogP contribution in [-0.4, -0.2) is 62.3 Å². The summed E-state index contributed by atoms with van der Waals surface area (Å²) in [6.45, 7) is 13.9. The number of fused-ring (bicyclic) bond motifs is 3. The number of hydrogen-bond donors (Lipinski definition) is 0. The van der Waals surface area contributed by atoms with Gasteiger partial charge in [0.05, 0.1) is 12.1 Å². The summed E-state index contributed by atoms with van der Waals surface area (Å²) < 4.78 is 11.6. The molecule has 0 saturated carbocycles. The second-order valence-electron chi connectivity index (χ2n) is 8.30. The van der Waals surface area contributed by atoms with E-state index in [1.54, 1.807) is 0 Å². The number of ether oxygens (including phenoxy) is 2. The van der Waals surface area contributed by atoms with Crippen LogP contribution >= 0.6 is 0 Å². The van der Waals surface area contributed by atoms with E-state index in [2.05, 4.69) is 73.3 Å². The average molecular weight is 585 g/mol. The third-order valence-electron chi connectivity index (χ3n) is 6.37. The van der Waals surface area contributed by atoms with Crippen LogP contribution < -0.4 is 9.47 Å². The van der Waals surface area contributed by atoms with Gasteiger partial charge in [-0.25, -0.2) is 0 Å². The van der Waals surface area contributed by atoms with E-state index in [0.717, 1.165) is 31.3 Å². The van der Waals surface area contributed by atoms with Gasteiger partial charge in [-0.15, -0.1) is 0 Å². The summed E-state index contributed by atoms with van der Waals surface area (Å²) in [7, 11) is 4.31. The van der Waals surface area contributed by atoms with E-state index in [9.17, 15) is 0 Å². The number of likely N-dealkylation sites (N-methyl/N-ethyl adjacent to an activating group) is 2. The van der Waals surface area contributed by atoms with Gasteiger partial charge in [-0.05, 0) is 57.2 Å². The molecule has 5 rings (SSSR count). The fourth-order valence-electron chi connectivity index (χ4n) is 4.45. The molecule has 0 bridgehead atoms. The van der Waals surface area contributed by atoms with Gasteiger partial charge in [0.1, 0.15) is 24.7 Å². The molecule has 3 unspecified atom stereocenters. The number of likely N-dealkylation sites (tertiary alicyclic amines) is 1. The second kappa shape index (κ2) is 21.8. The van der Waals surface area contributed by atoms with Gasteiger partial charge in [0, 0.05) is 49.6 Å². The Labute approximate surface area is 253 Å². The fraction of sp³-hybridized carbons (Fsp3) is 0.484. The molecule has 37 heavy (non-hydrogen) atoms. The van der Waals surface area contributed by atoms with E-state index < -0.39 is 0 Å². The number of para-hydroxylation sites is 2. The fourth-order valence-corrected chi connectivity index (χ4v) is 4.45. The van der Waals surface area contributed by atoms with Gasteiger partial charge in [0.15, 0.2) is 0 Å². The van der Waals surface area contributed by atoms with E-state index >= 15 is 0 Å². The molecule has 3 heterocycles. The van der Waals surface area contributed by atoms with Gasteiger partial charge >= 0.3 is 0 Å². The standard InChI is InChI=1S/C13H17NO.C12H15NO.2C2H6.2CH3.2V/c1-11-6-3-4-8-13(11)15-10-12-7-5-9-14(12)2;1-13-7-6-9-10-4-2-3-5-12(10)14-8-11(9)13;2*1-2;;;;/h3-8,12H,9-10H2,1-2H3;2-5,9,11H,6-8H2,1H3;2*1-2H3;2*1H3;;/q;;;;2*-1;;. The van der Waals surface area contributed by atoms with Crippen molar-refractivity contribution >= 4 is 0 Å². The molecular weight excluding hydrogens is 534 g/mol. The molecule has 3 aliphatic rings. The Bertz CT molecular complexity index is 863. The third-order valence-corrected chi connectivity index (χ3v) is 6.37. The molecule has 6 heteroatoms. The molecule has 2 radical (unpaired) electrons. The van der Waals surface area contributed by atoms with E-state index in [1.165, 1.54) is 24.1 Å². The van der Waals surface area contributed by atoms with E-state index in [4.69, 9.17) is 9.47 Å². The summed E-state index contributed by atoms with van der Waals surface area (Å²) in [5.74, 6) is 2.79. The minimum atomic E-state index is 0. The Morgan fingerprint density at radius 3 is 2.14 bits per heavy atom. The molecule has 0 spiro atoms. The first-order valence-electron chi connectivity index (χ1n) is 12.6. The Morgan fingerprint density at radius 2 is 1.51 bits per heavy atom. The maximum absolute atomic E-state index is 5.80. The van der Waals surface area contributed by atoms with Crippen molar-refractivity contribution in [2.75, 3.05) is 40.4 Å². The summed E-state index contributed by atoms with van der Waals surface area (Å²) in [4.78, 5) is 4.69. The van der Waals surface area contributed by atoms with Gasteiger partial charge in [-0.2, -0.15) is 0 Å². The molecule has 208 valence electrons. The van der Waals surface area contributed by atoms with Crippen LogP contribution in [0.4, 0.5) is 0 Å². The second-order valence-corrected chi connectivity index (χ2v) is 8.30. The summed E-state index contributed by atoms with van der Waals surface area (Å²) in [6.07, 6.45) is 5.67. The van der Waals surface area contributed by atoms with E-state index in [0.29, 0.717) is 18.0 Å². The molecular formula is C31H50N2O2V2-2. The van der Waals surface area contributed by atoms with Gasteiger partial charge in [0.25, 0.3) is 0 Å². The zero-order valence-electron chi connectivity index (χ0n) is 24.6. The van der Waals surface area contributed by atoms with Crippen LogP contribution in [0.3, 0.4) is 0 Å². The number of hydrogen-bond acceptors (Lipinski definition) is 4. The van der Waals surface area contributed by atoms with Crippen LogP contribution in [0.5, 0.6) is 11.5 Å². The van der Waals surface area contributed by atoms with Crippen molar-refractivity contribution in [3.05, 3.63) is 86.7 Å². The van der Waals surface area contributed by atoms with Crippen molar-refractivity contribution in [3.8, 4) is 11.5 Å². The van der Waals surface area contributed by atoms with Crippen LogP contribution in [-0.2, 0) is 37.1 Å². The number of rotatable bonds is 3. The largest absolute Gasteiger partial charge is 0.492 e. The van der Waals surface area contributed by atoms with Crippen molar-refractivity contribution in [2.24, 2.45) is 0 Å². The molecule has 1 fully saturated rings. The Balaban J connectivity index is -0.000000503. The van der Waals surface area contributed by atoms with Crippen molar-refractivity contribution in [1.82, 2.24) is 9.80 Å². The number of benzene rings is 2. The Kier molecular flexibility index (Phi) is 23.7. The van der Waals surface area contributed by atoms with Crippen molar-refractivity contribution in [2.45, 2.75) is 59.0 Å². The average Bonchev–Trinajstić information content (AvgIpc) is 3.46. The molecule has 0 aromatic heterocycles. The van der Waals surface area contributed by atoms with Crippen molar-refractivity contribution in [1.29, 1.82) is 0 Å². The van der Waals surface area contributed by atoms with Crippen LogP contribution in [0.15, 0.2) is 60.7 Å². The predicted octanol–water partition coefficient (Wildman–Crippen LogP) is 7.06. The van der Waals surface area contributed by atoms with E-state index in [1.807, 2.05) is 45.9 Å². The summed E-state index contributed by atoms with van der Waals surface area (Å²) in [5, 5.41) is 0. The van der Waals surface area contributed by atoms with Gasteiger partial charge in [0.2, 0.25) is 0 Å². The summed E-state index contributed by atoms with van der Waals surface area (Å²) in [6, 6.07) is 17.6. The third kappa shape index (κ3) is 11.2. The first-order valence-corrected chi connectivity index (χ1v) is 12.6. The monoisotopic (exact) mass is 584 g/mol. The predicted molar refractivity (Wildman–Crippen MR) is 153 cm³/mol. The van der Waals surface area contributed by atoms with Crippen molar-refractivity contribution in [3.63, 3.8) is 0 Å².